The standard InChI is InChI=1S/C19H14BrClN2O2S2/c1-25-9-8-23-13-7-6-11(20)10-15(13)27-19(23)22-18(24)17-16(21)12-4-2-3-5-14(12)26-17/h2-7,10H,8-9H2,1H3. The minimum atomic E-state index is -0.321. The van der Waals surface area contributed by atoms with E-state index in [4.69, 9.17) is 16.3 Å². The zero-order valence-corrected chi connectivity index (χ0v) is 18.2. The van der Waals surface area contributed by atoms with Gasteiger partial charge in [-0.1, -0.05) is 57.1 Å². The van der Waals surface area contributed by atoms with Gasteiger partial charge in [0.1, 0.15) is 4.88 Å². The predicted octanol–water partition coefficient (Wildman–Crippen LogP) is 5.72. The van der Waals surface area contributed by atoms with Crippen LogP contribution >= 0.6 is 50.2 Å². The highest BCUT2D eigenvalue weighted by Gasteiger charge is 2.17. The number of ether oxygens (including phenoxy) is 1. The van der Waals surface area contributed by atoms with Crippen LogP contribution in [-0.4, -0.2) is 24.2 Å². The number of fused-ring (bicyclic) bond motifs is 2. The summed E-state index contributed by atoms with van der Waals surface area (Å²) in [5.74, 6) is -0.321. The Hall–Kier alpha value is -1.51. The minimum absolute atomic E-state index is 0.321. The molecule has 0 radical (unpaired) electrons. The zero-order chi connectivity index (χ0) is 19.0. The van der Waals surface area contributed by atoms with Crippen molar-refractivity contribution in [2.75, 3.05) is 13.7 Å². The van der Waals surface area contributed by atoms with Gasteiger partial charge >= 0.3 is 0 Å². The van der Waals surface area contributed by atoms with Gasteiger partial charge in [-0.2, -0.15) is 4.99 Å². The first-order valence-electron chi connectivity index (χ1n) is 8.12. The van der Waals surface area contributed by atoms with E-state index in [-0.39, 0.29) is 5.91 Å². The number of carbonyl (C=O) groups excluding carboxylic acids is 1. The van der Waals surface area contributed by atoms with E-state index in [1.165, 1.54) is 22.7 Å². The normalized spacial score (nSPS) is 12.3. The van der Waals surface area contributed by atoms with Crippen LogP contribution in [0.25, 0.3) is 20.3 Å². The number of rotatable bonds is 4. The van der Waals surface area contributed by atoms with Crippen molar-refractivity contribution in [2.24, 2.45) is 4.99 Å². The molecule has 0 unspecified atom stereocenters. The van der Waals surface area contributed by atoms with Crippen molar-refractivity contribution < 1.29 is 9.53 Å². The molecule has 4 aromatic rings. The van der Waals surface area contributed by atoms with Gasteiger partial charge in [0, 0.05) is 28.2 Å². The Balaban J connectivity index is 1.85. The van der Waals surface area contributed by atoms with E-state index in [0.717, 1.165) is 24.8 Å². The molecule has 0 aliphatic rings. The van der Waals surface area contributed by atoms with Crippen molar-refractivity contribution in [3.05, 3.63) is 61.6 Å². The fraction of sp³-hybridized carbons (Fsp3) is 0.158. The Morgan fingerprint density at radius 1 is 1.22 bits per heavy atom. The maximum atomic E-state index is 12.9. The third kappa shape index (κ3) is 3.62. The predicted molar refractivity (Wildman–Crippen MR) is 116 cm³/mol. The third-order valence-electron chi connectivity index (χ3n) is 4.09. The molecule has 2 aromatic heterocycles. The molecule has 0 saturated heterocycles. The molecule has 1 amide bonds. The number of carbonyl (C=O) groups is 1. The average molecular weight is 482 g/mol. The number of methoxy groups -OCH3 is 1. The van der Waals surface area contributed by atoms with Crippen LogP contribution in [-0.2, 0) is 11.3 Å². The lowest BCUT2D eigenvalue weighted by Crippen LogP contribution is -2.19. The van der Waals surface area contributed by atoms with Gasteiger partial charge in [-0.3, -0.25) is 4.79 Å². The molecule has 0 spiro atoms. The second-order valence-electron chi connectivity index (χ2n) is 5.80. The lowest BCUT2D eigenvalue weighted by molar-refractivity contribution is 0.100. The maximum Gasteiger partial charge on any atom is 0.291 e. The summed E-state index contributed by atoms with van der Waals surface area (Å²) >= 11 is 12.8. The molecule has 4 rings (SSSR count). The summed E-state index contributed by atoms with van der Waals surface area (Å²) in [5, 5.41) is 1.35. The van der Waals surface area contributed by atoms with E-state index in [1.54, 1.807) is 7.11 Å². The number of benzene rings is 2. The average Bonchev–Trinajstić information content (AvgIpc) is 3.17. The Morgan fingerprint density at radius 3 is 2.81 bits per heavy atom. The molecule has 0 N–H and O–H groups in total. The number of hydrogen-bond donors (Lipinski definition) is 0. The number of amides is 1. The number of aromatic nitrogens is 1. The molecule has 0 aliphatic heterocycles. The van der Waals surface area contributed by atoms with Crippen molar-refractivity contribution in [1.29, 1.82) is 0 Å². The highest BCUT2D eigenvalue weighted by molar-refractivity contribution is 9.10. The second-order valence-corrected chi connectivity index (χ2v) is 9.15. The van der Waals surface area contributed by atoms with Crippen LogP contribution in [0.5, 0.6) is 0 Å². The summed E-state index contributed by atoms with van der Waals surface area (Å²) < 4.78 is 10.2. The number of thiazole rings is 1. The van der Waals surface area contributed by atoms with E-state index < -0.39 is 0 Å². The highest BCUT2D eigenvalue weighted by Crippen LogP contribution is 2.35. The molecular weight excluding hydrogens is 468 g/mol. The molecule has 4 nitrogen and oxygen atoms in total. The summed E-state index contributed by atoms with van der Waals surface area (Å²) in [4.78, 5) is 18.4. The van der Waals surface area contributed by atoms with Gasteiger partial charge in [0.15, 0.2) is 4.80 Å². The van der Waals surface area contributed by atoms with Crippen LogP contribution in [0, 0.1) is 0 Å². The van der Waals surface area contributed by atoms with Crippen molar-refractivity contribution in [3.8, 4) is 0 Å². The first-order valence-corrected chi connectivity index (χ1v) is 10.9. The van der Waals surface area contributed by atoms with Crippen LogP contribution < -0.4 is 4.80 Å². The summed E-state index contributed by atoms with van der Waals surface area (Å²) in [6, 6.07) is 13.7. The molecule has 0 aliphatic carbocycles. The molecule has 27 heavy (non-hydrogen) atoms. The molecular formula is C19H14BrClN2O2S2. The van der Waals surface area contributed by atoms with Crippen LogP contribution in [0.2, 0.25) is 5.02 Å². The number of nitrogens with zero attached hydrogens (tertiary/aromatic N) is 2. The number of halogens is 2. The quantitative estimate of drug-likeness (QED) is 0.374. The lowest BCUT2D eigenvalue weighted by Gasteiger charge is -2.04. The number of hydrogen-bond acceptors (Lipinski definition) is 4. The molecule has 2 aromatic carbocycles. The fourth-order valence-electron chi connectivity index (χ4n) is 2.82. The van der Waals surface area contributed by atoms with Gasteiger partial charge in [-0.05, 0) is 24.3 Å². The summed E-state index contributed by atoms with van der Waals surface area (Å²) in [7, 11) is 1.66. The lowest BCUT2D eigenvalue weighted by atomic mass is 10.2. The highest BCUT2D eigenvalue weighted by atomic mass is 79.9. The third-order valence-corrected chi connectivity index (χ3v) is 7.29. The Bertz CT molecular complexity index is 1230. The topological polar surface area (TPSA) is 43.6 Å². The number of thiophene rings is 1. The molecule has 8 heteroatoms. The summed E-state index contributed by atoms with van der Waals surface area (Å²) in [5.41, 5.74) is 1.02. The van der Waals surface area contributed by atoms with Crippen molar-refractivity contribution >= 4 is 76.4 Å². The molecule has 0 fully saturated rings. The Labute approximate surface area is 176 Å². The van der Waals surface area contributed by atoms with E-state index in [9.17, 15) is 4.79 Å². The fourth-order valence-corrected chi connectivity index (χ4v) is 5.82. The van der Waals surface area contributed by atoms with Gasteiger partial charge in [-0.25, -0.2) is 0 Å². The molecule has 138 valence electrons. The first-order chi connectivity index (χ1) is 13.1. The molecule has 0 saturated carbocycles. The van der Waals surface area contributed by atoms with Crippen LogP contribution in [0.3, 0.4) is 0 Å². The summed E-state index contributed by atoms with van der Waals surface area (Å²) in [6.45, 7) is 1.15. The Kier molecular flexibility index (Phi) is 5.48. The van der Waals surface area contributed by atoms with Gasteiger partial charge in [0.05, 0.1) is 21.8 Å². The van der Waals surface area contributed by atoms with Gasteiger partial charge < -0.3 is 9.30 Å². The molecule has 0 atom stereocenters. The van der Waals surface area contributed by atoms with Crippen LogP contribution in [0.4, 0.5) is 0 Å². The van der Waals surface area contributed by atoms with E-state index >= 15 is 0 Å². The zero-order valence-electron chi connectivity index (χ0n) is 14.2. The van der Waals surface area contributed by atoms with Crippen molar-refractivity contribution in [2.45, 2.75) is 6.54 Å². The monoisotopic (exact) mass is 480 g/mol. The first kappa shape index (κ1) is 18.8. The van der Waals surface area contributed by atoms with Gasteiger partial charge in [-0.15, -0.1) is 11.3 Å². The minimum Gasteiger partial charge on any atom is -0.383 e. The Morgan fingerprint density at radius 2 is 2.04 bits per heavy atom. The molecule has 0 bridgehead atoms. The maximum absolute atomic E-state index is 12.9. The second kappa shape index (κ2) is 7.85. The van der Waals surface area contributed by atoms with Crippen molar-refractivity contribution in [1.82, 2.24) is 4.57 Å². The summed E-state index contributed by atoms with van der Waals surface area (Å²) in [6.07, 6.45) is 0. The van der Waals surface area contributed by atoms with E-state index in [2.05, 4.69) is 20.9 Å². The molecule has 2 heterocycles. The van der Waals surface area contributed by atoms with Gasteiger partial charge in [0.2, 0.25) is 0 Å². The van der Waals surface area contributed by atoms with Gasteiger partial charge in [0.25, 0.3) is 5.91 Å². The largest absolute Gasteiger partial charge is 0.383 e. The van der Waals surface area contributed by atoms with Crippen LogP contribution in [0.1, 0.15) is 9.67 Å². The van der Waals surface area contributed by atoms with E-state index in [0.29, 0.717) is 27.9 Å². The SMILES string of the molecule is COCCn1c(=NC(=O)c2sc3ccccc3c2Cl)sc2cc(Br)ccc21. The van der Waals surface area contributed by atoms with Crippen LogP contribution in [0.15, 0.2) is 51.9 Å². The van der Waals surface area contributed by atoms with Crippen molar-refractivity contribution in [3.63, 3.8) is 0 Å². The van der Waals surface area contributed by atoms with E-state index in [1.807, 2.05) is 47.0 Å². The smallest absolute Gasteiger partial charge is 0.291 e.